The molecule has 2 amide bonds. The summed E-state index contributed by atoms with van der Waals surface area (Å²) in [6.45, 7) is 3.89. The Morgan fingerprint density at radius 2 is 1.79 bits per heavy atom. The second kappa shape index (κ2) is 10.2. The van der Waals surface area contributed by atoms with Crippen LogP contribution in [0.4, 0.5) is 5.69 Å². The first-order valence-corrected chi connectivity index (χ1v) is 11.1. The standard InChI is InChI=1S/C21H22N4O2S2/c1-14-8-6-7-11-17(14)23-20(27)21-25-24-19(29-21)13-28-12-18(26)22-15(2)16-9-4-3-5-10-16/h3-11,15H,12-13H2,1-2H3,(H,22,26)(H,23,27)/t15-/m0/s1. The lowest BCUT2D eigenvalue weighted by Crippen LogP contribution is -2.28. The number of nitrogens with zero attached hydrogens (tertiary/aromatic N) is 2. The zero-order chi connectivity index (χ0) is 20.6. The Labute approximate surface area is 178 Å². The van der Waals surface area contributed by atoms with Crippen LogP contribution in [-0.2, 0) is 10.5 Å². The Balaban J connectivity index is 1.45. The molecule has 0 spiro atoms. The van der Waals surface area contributed by atoms with Crippen LogP contribution < -0.4 is 10.6 Å². The fourth-order valence-electron chi connectivity index (χ4n) is 2.63. The van der Waals surface area contributed by atoms with E-state index in [0.29, 0.717) is 21.5 Å². The SMILES string of the molecule is Cc1ccccc1NC(=O)c1nnc(CSCC(=O)N[C@@H](C)c2ccccc2)s1. The van der Waals surface area contributed by atoms with E-state index in [0.717, 1.165) is 16.8 Å². The first kappa shape index (κ1) is 21.0. The van der Waals surface area contributed by atoms with Gasteiger partial charge in [0.15, 0.2) is 0 Å². The summed E-state index contributed by atoms with van der Waals surface area (Å²) >= 11 is 2.69. The van der Waals surface area contributed by atoms with Crippen molar-refractivity contribution in [2.75, 3.05) is 11.1 Å². The predicted molar refractivity (Wildman–Crippen MR) is 118 cm³/mol. The molecule has 0 fully saturated rings. The van der Waals surface area contributed by atoms with Crippen molar-refractivity contribution in [3.8, 4) is 0 Å². The molecular formula is C21H22N4O2S2. The Bertz CT molecular complexity index is 976. The summed E-state index contributed by atoms with van der Waals surface area (Å²) in [5.41, 5.74) is 2.81. The van der Waals surface area contributed by atoms with Gasteiger partial charge < -0.3 is 10.6 Å². The molecule has 0 saturated heterocycles. The first-order chi connectivity index (χ1) is 14.0. The van der Waals surface area contributed by atoms with Crippen molar-refractivity contribution in [1.82, 2.24) is 15.5 Å². The van der Waals surface area contributed by atoms with E-state index >= 15 is 0 Å². The zero-order valence-corrected chi connectivity index (χ0v) is 17.8. The molecule has 0 aliphatic carbocycles. The summed E-state index contributed by atoms with van der Waals surface area (Å²) in [4.78, 5) is 24.5. The molecule has 3 aromatic rings. The fourth-order valence-corrected chi connectivity index (χ4v) is 4.25. The molecule has 0 bridgehead atoms. The summed E-state index contributed by atoms with van der Waals surface area (Å²) in [6.07, 6.45) is 0. The van der Waals surface area contributed by atoms with E-state index < -0.39 is 0 Å². The van der Waals surface area contributed by atoms with Crippen LogP contribution in [0.25, 0.3) is 0 Å². The number of carbonyl (C=O) groups is 2. The van der Waals surface area contributed by atoms with E-state index in [1.807, 2.05) is 68.4 Å². The molecule has 0 radical (unpaired) electrons. The maximum atomic E-state index is 12.3. The van der Waals surface area contributed by atoms with Crippen molar-refractivity contribution < 1.29 is 9.59 Å². The van der Waals surface area contributed by atoms with Crippen molar-refractivity contribution in [3.63, 3.8) is 0 Å². The van der Waals surface area contributed by atoms with E-state index in [2.05, 4.69) is 20.8 Å². The van der Waals surface area contributed by atoms with Gasteiger partial charge in [-0.3, -0.25) is 9.59 Å². The van der Waals surface area contributed by atoms with Gasteiger partial charge in [0.2, 0.25) is 10.9 Å². The van der Waals surface area contributed by atoms with E-state index in [1.54, 1.807) is 0 Å². The number of nitrogens with one attached hydrogen (secondary N) is 2. The molecule has 1 aromatic heterocycles. The molecule has 1 heterocycles. The first-order valence-electron chi connectivity index (χ1n) is 9.14. The van der Waals surface area contributed by atoms with Crippen LogP contribution in [0.5, 0.6) is 0 Å². The number of hydrogen-bond acceptors (Lipinski definition) is 6. The molecule has 29 heavy (non-hydrogen) atoms. The molecule has 2 N–H and O–H groups in total. The van der Waals surface area contributed by atoms with Gasteiger partial charge in [0.25, 0.3) is 5.91 Å². The Morgan fingerprint density at radius 1 is 1.07 bits per heavy atom. The van der Waals surface area contributed by atoms with Gasteiger partial charge in [-0.2, -0.15) is 0 Å². The number of anilines is 1. The largest absolute Gasteiger partial charge is 0.349 e. The number of benzene rings is 2. The third-order valence-corrected chi connectivity index (χ3v) is 6.24. The van der Waals surface area contributed by atoms with E-state index in [9.17, 15) is 9.59 Å². The minimum atomic E-state index is -0.275. The van der Waals surface area contributed by atoms with Crippen LogP contribution in [0.1, 0.15) is 38.9 Å². The number of amides is 2. The smallest absolute Gasteiger partial charge is 0.286 e. The van der Waals surface area contributed by atoms with Gasteiger partial charge in [0.05, 0.1) is 11.8 Å². The van der Waals surface area contributed by atoms with Gasteiger partial charge in [-0.05, 0) is 31.0 Å². The molecule has 8 heteroatoms. The van der Waals surface area contributed by atoms with E-state index in [4.69, 9.17) is 0 Å². The lowest BCUT2D eigenvalue weighted by molar-refractivity contribution is -0.119. The second-order valence-corrected chi connectivity index (χ2v) is 8.51. The average Bonchev–Trinajstić information content (AvgIpc) is 3.19. The van der Waals surface area contributed by atoms with Crippen LogP contribution in [-0.4, -0.2) is 27.8 Å². The molecule has 0 unspecified atom stereocenters. The quantitative estimate of drug-likeness (QED) is 0.564. The highest BCUT2D eigenvalue weighted by Gasteiger charge is 2.15. The van der Waals surface area contributed by atoms with Gasteiger partial charge in [0, 0.05) is 11.4 Å². The van der Waals surface area contributed by atoms with Crippen LogP contribution in [0.3, 0.4) is 0 Å². The summed E-state index contributed by atoms with van der Waals surface area (Å²) in [5.74, 6) is 0.542. The summed E-state index contributed by atoms with van der Waals surface area (Å²) < 4.78 is 0. The molecular weight excluding hydrogens is 404 g/mol. The molecule has 0 saturated carbocycles. The Hall–Kier alpha value is -2.71. The van der Waals surface area contributed by atoms with Crippen LogP contribution in [0, 0.1) is 6.92 Å². The molecule has 2 aromatic carbocycles. The zero-order valence-electron chi connectivity index (χ0n) is 16.2. The third-order valence-electron chi connectivity index (χ3n) is 4.19. The van der Waals surface area contributed by atoms with Crippen molar-refractivity contribution in [2.45, 2.75) is 25.6 Å². The van der Waals surface area contributed by atoms with Crippen molar-refractivity contribution >= 4 is 40.6 Å². The maximum absolute atomic E-state index is 12.3. The summed E-state index contributed by atoms with van der Waals surface area (Å²) in [6, 6.07) is 17.4. The van der Waals surface area contributed by atoms with Gasteiger partial charge in [-0.15, -0.1) is 22.0 Å². The highest BCUT2D eigenvalue weighted by molar-refractivity contribution is 7.99. The monoisotopic (exact) mass is 426 g/mol. The van der Waals surface area contributed by atoms with Gasteiger partial charge >= 0.3 is 0 Å². The number of thioether (sulfide) groups is 1. The average molecular weight is 427 g/mol. The van der Waals surface area contributed by atoms with E-state index in [1.165, 1.54) is 23.1 Å². The number of aryl methyl sites for hydroxylation is 1. The number of hydrogen-bond donors (Lipinski definition) is 2. The topological polar surface area (TPSA) is 84.0 Å². The van der Waals surface area contributed by atoms with Gasteiger partial charge in [-0.1, -0.05) is 59.9 Å². The van der Waals surface area contributed by atoms with Gasteiger partial charge in [-0.25, -0.2) is 0 Å². The van der Waals surface area contributed by atoms with Gasteiger partial charge in [0.1, 0.15) is 5.01 Å². The molecule has 3 rings (SSSR count). The fraction of sp³-hybridized carbons (Fsp3) is 0.238. The third kappa shape index (κ3) is 6.13. The van der Waals surface area contributed by atoms with Crippen molar-refractivity contribution in [1.29, 1.82) is 0 Å². The molecule has 0 aliphatic rings. The van der Waals surface area contributed by atoms with E-state index in [-0.39, 0.29) is 17.9 Å². The Kier molecular flexibility index (Phi) is 7.37. The minimum absolute atomic E-state index is 0.0339. The second-order valence-electron chi connectivity index (χ2n) is 6.46. The summed E-state index contributed by atoms with van der Waals surface area (Å²) in [5, 5.41) is 14.9. The normalized spacial score (nSPS) is 11.7. The number of para-hydroxylation sites is 1. The molecule has 6 nitrogen and oxygen atoms in total. The molecule has 1 atom stereocenters. The highest BCUT2D eigenvalue weighted by atomic mass is 32.2. The maximum Gasteiger partial charge on any atom is 0.286 e. The van der Waals surface area contributed by atoms with Crippen LogP contribution in [0.15, 0.2) is 54.6 Å². The number of rotatable bonds is 8. The predicted octanol–water partition coefficient (Wildman–Crippen LogP) is 4.21. The number of aromatic nitrogens is 2. The highest BCUT2D eigenvalue weighted by Crippen LogP contribution is 2.20. The van der Waals surface area contributed by atoms with Crippen molar-refractivity contribution in [2.24, 2.45) is 0 Å². The molecule has 0 aliphatic heterocycles. The molecule has 150 valence electrons. The lowest BCUT2D eigenvalue weighted by atomic mass is 10.1. The number of carbonyl (C=O) groups excluding carboxylic acids is 2. The minimum Gasteiger partial charge on any atom is -0.349 e. The lowest BCUT2D eigenvalue weighted by Gasteiger charge is -2.13. The van der Waals surface area contributed by atoms with Crippen LogP contribution >= 0.6 is 23.1 Å². The Morgan fingerprint density at radius 3 is 2.55 bits per heavy atom. The van der Waals surface area contributed by atoms with Crippen molar-refractivity contribution in [3.05, 3.63) is 75.7 Å². The summed E-state index contributed by atoms with van der Waals surface area (Å²) in [7, 11) is 0. The van der Waals surface area contributed by atoms with Crippen LogP contribution in [0.2, 0.25) is 0 Å².